The van der Waals surface area contributed by atoms with Gasteiger partial charge in [-0.1, -0.05) is 0 Å². The zero-order chi connectivity index (χ0) is 8.32. The summed E-state index contributed by atoms with van der Waals surface area (Å²) in [6.45, 7) is 0.721. The Kier molecular flexibility index (Phi) is 2.86. The van der Waals surface area contributed by atoms with Gasteiger partial charge in [-0.3, -0.25) is 0 Å². The molecule has 66 valence electrons. The first-order chi connectivity index (χ1) is 5.14. The van der Waals surface area contributed by atoms with Crippen LogP contribution in [0.3, 0.4) is 0 Å². The van der Waals surface area contributed by atoms with Gasteiger partial charge in [-0.05, 0) is 18.8 Å². The van der Waals surface area contributed by atoms with Crippen LogP contribution in [0.4, 0.5) is 0 Å². The van der Waals surface area contributed by atoms with Crippen molar-refractivity contribution in [3.8, 4) is 0 Å². The van der Waals surface area contributed by atoms with Gasteiger partial charge in [0.2, 0.25) is 10.0 Å². The first-order valence-electron chi connectivity index (χ1n) is 3.81. The van der Waals surface area contributed by atoms with E-state index < -0.39 is 10.0 Å². The molecule has 0 aliphatic heterocycles. The monoisotopic (exact) mass is 178 g/mol. The minimum absolute atomic E-state index is 0.285. The molecule has 5 heteroatoms. The lowest BCUT2D eigenvalue weighted by atomic mass is 10.5. The van der Waals surface area contributed by atoms with Gasteiger partial charge in [0.15, 0.2) is 0 Å². The maximum absolute atomic E-state index is 11.1. The van der Waals surface area contributed by atoms with Crippen LogP contribution in [-0.4, -0.2) is 27.3 Å². The van der Waals surface area contributed by atoms with Crippen molar-refractivity contribution in [3.63, 3.8) is 0 Å². The van der Waals surface area contributed by atoms with Crippen molar-refractivity contribution in [2.75, 3.05) is 18.8 Å². The number of hydrogen-bond donors (Lipinski definition) is 2. The molecule has 0 saturated heterocycles. The lowest BCUT2D eigenvalue weighted by molar-refractivity contribution is 0.578. The Morgan fingerprint density at radius 1 is 1.45 bits per heavy atom. The molecule has 0 atom stereocenters. The smallest absolute Gasteiger partial charge is 0.211 e. The predicted molar refractivity (Wildman–Crippen MR) is 43.6 cm³/mol. The molecule has 0 aromatic rings. The summed E-state index contributed by atoms with van der Waals surface area (Å²) in [6, 6.07) is 0. The van der Waals surface area contributed by atoms with Crippen molar-refractivity contribution in [1.29, 1.82) is 0 Å². The van der Waals surface area contributed by atoms with Crippen LogP contribution in [0.25, 0.3) is 0 Å². The van der Waals surface area contributed by atoms with Crippen LogP contribution >= 0.6 is 0 Å². The largest absolute Gasteiger partial charge is 0.329 e. The van der Waals surface area contributed by atoms with Crippen LogP contribution < -0.4 is 10.5 Å². The third kappa shape index (κ3) is 3.69. The Morgan fingerprint density at radius 3 is 2.55 bits per heavy atom. The molecule has 0 radical (unpaired) electrons. The number of hydrogen-bond acceptors (Lipinski definition) is 3. The molecular weight excluding hydrogens is 164 g/mol. The normalized spacial score (nSPS) is 18.6. The van der Waals surface area contributed by atoms with E-state index in [4.69, 9.17) is 5.73 Å². The Morgan fingerprint density at radius 2 is 2.09 bits per heavy atom. The van der Waals surface area contributed by atoms with Crippen molar-refractivity contribution in [2.45, 2.75) is 12.8 Å². The SMILES string of the molecule is NCCNS(=O)(=O)CC1CC1. The first kappa shape index (κ1) is 8.96. The van der Waals surface area contributed by atoms with Crippen LogP contribution in [0, 0.1) is 5.92 Å². The van der Waals surface area contributed by atoms with Crippen molar-refractivity contribution in [1.82, 2.24) is 4.72 Å². The average molecular weight is 178 g/mol. The summed E-state index contributed by atoms with van der Waals surface area (Å²) in [6.07, 6.45) is 2.12. The molecule has 0 spiro atoms. The van der Waals surface area contributed by atoms with E-state index in [9.17, 15) is 8.42 Å². The van der Waals surface area contributed by atoms with Crippen molar-refractivity contribution >= 4 is 10.0 Å². The molecule has 1 saturated carbocycles. The fourth-order valence-electron chi connectivity index (χ4n) is 0.868. The Bertz CT molecular complexity index is 209. The van der Waals surface area contributed by atoms with Gasteiger partial charge in [-0.25, -0.2) is 13.1 Å². The van der Waals surface area contributed by atoms with Gasteiger partial charge in [-0.15, -0.1) is 0 Å². The number of rotatable bonds is 5. The van der Waals surface area contributed by atoms with Gasteiger partial charge in [0.05, 0.1) is 5.75 Å². The molecule has 0 aromatic carbocycles. The highest BCUT2D eigenvalue weighted by molar-refractivity contribution is 7.89. The van der Waals surface area contributed by atoms with Gasteiger partial charge in [0.1, 0.15) is 0 Å². The van der Waals surface area contributed by atoms with Gasteiger partial charge < -0.3 is 5.73 Å². The van der Waals surface area contributed by atoms with E-state index in [2.05, 4.69) is 4.72 Å². The van der Waals surface area contributed by atoms with Crippen LogP contribution in [0.1, 0.15) is 12.8 Å². The highest BCUT2D eigenvalue weighted by atomic mass is 32.2. The third-order valence-electron chi connectivity index (χ3n) is 1.62. The average Bonchev–Trinajstić information content (AvgIpc) is 2.67. The molecule has 1 aliphatic rings. The quantitative estimate of drug-likeness (QED) is 0.583. The summed E-state index contributed by atoms with van der Waals surface area (Å²) >= 11 is 0. The Labute approximate surface area is 67.2 Å². The molecule has 1 aliphatic carbocycles. The zero-order valence-electron chi connectivity index (χ0n) is 6.41. The Hall–Kier alpha value is -0.130. The van der Waals surface area contributed by atoms with E-state index in [0.717, 1.165) is 12.8 Å². The molecule has 1 fully saturated rings. The standard InChI is InChI=1S/C6H14N2O2S/c7-3-4-8-11(9,10)5-6-1-2-6/h6,8H,1-5,7H2. The van der Waals surface area contributed by atoms with Gasteiger partial charge in [0, 0.05) is 13.1 Å². The highest BCUT2D eigenvalue weighted by Gasteiger charge is 2.27. The second-order valence-electron chi connectivity index (χ2n) is 2.91. The molecule has 0 heterocycles. The van der Waals surface area contributed by atoms with Crippen molar-refractivity contribution in [2.24, 2.45) is 11.7 Å². The van der Waals surface area contributed by atoms with Gasteiger partial charge in [0.25, 0.3) is 0 Å². The van der Waals surface area contributed by atoms with E-state index >= 15 is 0 Å². The molecule has 11 heavy (non-hydrogen) atoms. The summed E-state index contributed by atoms with van der Waals surface area (Å²) in [7, 11) is -3.01. The minimum atomic E-state index is -3.01. The topological polar surface area (TPSA) is 72.2 Å². The highest BCUT2D eigenvalue weighted by Crippen LogP contribution is 2.29. The molecule has 1 rings (SSSR count). The van der Waals surface area contributed by atoms with Crippen molar-refractivity contribution < 1.29 is 8.42 Å². The molecule has 0 unspecified atom stereocenters. The van der Waals surface area contributed by atoms with Crippen LogP contribution in [0.2, 0.25) is 0 Å². The lowest BCUT2D eigenvalue weighted by Gasteiger charge is -2.02. The Balaban J connectivity index is 2.26. The first-order valence-corrected chi connectivity index (χ1v) is 5.46. The summed E-state index contributed by atoms with van der Waals surface area (Å²) in [5.74, 6) is 0.692. The summed E-state index contributed by atoms with van der Waals surface area (Å²) in [5, 5.41) is 0. The maximum atomic E-state index is 11.1. The van der Waals surface area contributed by atoms with Gasteiger partial charge >= 0.3 is 0 Å². The summed E-state index contributed by atoms with van der Waals surface area (Å²) in [4.78, 5) is 0. The lowest BCUT2D eigenvalue weighted by Crippen LogP contribution is -2.31. The van der Waals surface area contributed by atoms with E-state index in [-0.39, 0.29) is 5.75 Å². The second kappa shape index (κ2) is 3.51. The minimum Gasteiger partial charge on any atom is -0.329 e. The van der Waals surface area contributed by atoms with E-state index in [1.807, 2.05) is 0 Å². The van der Waals surface area contributed by atoms with Crippen molar-refractivity contribution in [3.05, 3.63) is 0 Å². The van der Waals surface area contributed by atoms with E-state index in [1.165, 1.54) is 0 Å². The molecule has 4 nitrogen and oxygen atoms in total. The number of nitrogens with two attached hydrogens (primary N) is 1. The maximum Gasteiger partial charge on any atom is 0.211 e. The van der Waals surface area contributed by atoms with Crippen LogP contribution in [-0.2, 0) is 10.0 Å². The fourth-order valence-corrected chi connectivity index (χ4v) is 2.37. The second-order valence-corrected chi connectivity index (χ2v) is 4.76. The van der Waals surface area contributed by atoms with Crippen LogP contribution in [0.5, 0.6) is 0 Å². The molecule has 0 aromatic heterocycles. The zero-order valence-corrected chi connectivity index (χ0v) is 7.23. The van der Waals surface area contributed by atoms with E-state index in [0.29, 0.717) is 19.0 Å². The predicted octanol–water partition coefficient (Wildman–Crippen LogP) is -0.726. The summed E-state index contributed by atoms with van der Waals surface area (Å²) in [5.41, 5.74) is 5.16. The summed E-state index contributed by atoms with van der Waals surface area (Å²) < 4.78 is 24.6. The van der Waals surface area contributed by atoms with E-state index in [1.54, 1.807) is 0 Å². The van der Waals surface area contributed by atoms with Gasteiger partial charge in [-0.2, -0.15) is 0 Å². The molecule has 0 bridgehead atoms. The molecular formula is C6H14N2O2S. The molecule has 3 N–H and O–H groups in total. The number of sulfonamides is 1. The molecule has 0 amide bonds. The third-order valence-corrected chi connectivity index (χ3v) is 3.17. The van der Waals surface area contributed by atoms with Crippen LogP contribution in [0.15, 0.2) is 0 Å². The number of nitrogens with one attached hydrogen (secondary N) is 1. The fraction of sp³-hybridized carbons (Fsp3) is 1.00.